The topological polar surface area (TPSA) is 32.7 Å². The van der Waals surface area contributed by atoms with Gasteiger partial charge in [0.05, 0.1) is 6.54 Å². The Balaban J connectivity index is 2.09. The molecule has 0 radical (unpaired) electrons. The summed E-state index contributed by atoms with van der Waals surface area (Å²) in [6.45, 7) is 3.75. The number of nitrogens with zero attached hydrogens (tertiary/aromatic N) is 2. The lowest BCUT2D eigenvalue weighted by Gasteiger charge is -2.29. The Bertz CT molecular complexity index is 252. The Labute approximate surface area is 82.6 Å². The summed E-state index contributed by atoms with van der Waals surface area (Å²) < 4.78 is 0. The quantitative estimate of drug-likeness (QED) is 0.588. The van der Waals surface area contributed by atoms with Crippen molar-refractivity contribution in [3.63, 3.8) is 0 Å². The summed E-state index contributed by atoms with van der Waals surface area (Å²) in [5.74, 6) is 1.49. The van der Waals surface area contributed by atoms with Crippen molar-refractivity contribution >= 4 is 22.8 Å². The number of likely N-dealkylation sites (tertiary alicyclic amines) is 1. The fraction of sp³-hybridized carbons (Fsp3) is 0.778. The van der Waals surface area contributed by atoms with Gasteiger partial charge in [-0.1, -0.05) is 18.7 Å². The Morgan fingerprint density at radius 2 is 2.46 bits per heavy atom. The van der Waals surface area contributed by atoms with Crippen LogP contribution < -0.4 is 0 Å². The smallest absolute Gasteiger partial charge is 0.231 e. The van der Waals surface area contributed by atoms with Crippen molar-refractivity contribution in [2.45, 2.75) is 19.8 Å². The summed E-state index contributed by atoms with van der Waals surface area (Å²) in [5, 5.41) is 0.955. The first-order valence-corrected chi connectivity index (χ1v) is 5.76. The van der Waals surface area contributed by atoms with Crippen molar-refractivity contribution in [2.24, 2.45) is 10.9 Å². The summed E-state index contributed by atoms with van der Waals surface area (Å²) in [7, 11) is 0. The molecule has 0 aliphatic carbocycles. The van der Waals surface area contributed by atoms with Gasteiger partial charge in [-0.15, -0.1) is 0 Å². The highest BCUT2D eigenvalue weighted by Gasteiger charge is 2.29. The zero-order chi connectivity index (χ0) is 9.26. The minimum absolute atomic E-state index is 0.192. The number of amides is 1. The van der Waals surface area contributed by atoms with Crippen molar-refractivity contribution in [3.05, 3.63) is 0 Å². The van der Waals surface area contributed by atoms with E-state index < -0.39 is 0 Å². The molecule has 0 spiro atoms. The van der Waals surface area contributed by atoms with Crippen LogP contribution in [0.3, 0.4) is 0 Å². The maximum atomic E-state index is 11.7. The molecule has 13 heavy (non-hydrogen) atoms. The van der Waals surface area contributed by atoms with Gasteiger partial charge in [0.1, 0.15) is 0 Å². The molecule has 1 atom stereocenters. The minimum atomic E-state index is 0.192. The van der Waals surface area contributed by atoms with Crippen molar-refractivity contribution in [1.29, 1.82) is 0 Å². The van der Waals surface area contributed by atoms with Crippen molar-refractivity contribution in [2.75, 3.05) is 18.8 Å². The third-order valence-electron chi connectivity index (χ3n) is 2.51. The van der Waals surface area contributed by atoms with Crippen LogP contribution >= 0.6 is 11.8 Å². The van der Waals surface area contributed by atoms with Gasteiger partial charge in [0.2, 0.25) is 5.91 Å². The maximum absolute atomic E-state index is 11.7. The lowest BCUT2D eigenvalue weighted by Crippen LogP contribution is -2.42. The molecular formula is C9H14N2OS. The molecule has 4 heteroatoms. The van der Waals surface area contributed by atoms with Gasteiger partial charge in [-0.2, -0.15) is 0 Å². The highest BCUT2D eigenvalue weighted by atomic mass is 32.2. The van der Waals surface area contributed by atoms with E-state index in [1.807, 2.05) is 11.8 Å². The first-order chi connectivity index (χ1) is 6.29. The number of thioether (sulfide) groups is 1. The summed E-state index contributed by atoms with van der Waals surface area (Å²) in [6.07, 6.45) is 2.15. The van der Waals surface area contributed by atoms with Crippen LogP contribution in [0.15, 0.2) is 4.99 Å². The zero-order valence-corrected chi connectivity index (χ0v) is 8.64. The predicted molar refractivity (Wildman–Crippen MR) is 54.9 cm³/mol. The SMILES string of the molecule is CC1CCCN(C2=NCCS2)C1=O. The fourth-order valence-corrected chi connectivity index (χ4v) is 2.62. The molecule has 2 aliphatic heterocycles. The molecule has 1 unspecified atom stereocenters. The van der Waals surface area contributed by atoms with E-state index in [-0.39, 0.29) is 11.8 Å². The van der Waals surface area contributed by atoms with Gasteiger partial charge in [0.25, 0.3) is 0 Å². The molecule has 0 aromatic carbocycles. The molecule has 1 fully saturated rings. The van der Waals surface area contributed by atoms with Crippen LogP contribution in [0.25, 0.3) is 0 Å². The van der Waals surface area contributed by atoms with Crippen LogP contribution in [0.5, 0.6) is 0 Å². The number of amidine groups is 1. The monoisotopic (exact) mass is 198 g/mol. The zero-order valence-electron chi connectivity index (χ0n) is 7.82. The van der Waals surface area contributed by atoms with Crippen molar-refractivity contribution in [1.82, 2.24) is 4.90 Å². The van der Waals surface area contributed by atoms with Gasteiger partial charge >= 0.3 is 0 Å². The van der Waals surface area contributed by atoms with Gasteiger partial charge in [0, 0.05) is 18.2 Å². The third kappa shape index (κ3) is 1.73. The van der Waals surface area contributed by atoms with Gasteiger partial charge in [-0.25, -0.2) is 0 Å². The number of aliphatic imine (C=N–C) groups is 1. The van der Waals surface area contributed by atoms with Crippen molar-refractivity contribution < 1.29 is 4.79 Å². The molecule has 0 aromatic rings. The molecule has 0 saturated carbocycles. The first-order valence-electron chi connectivity index (χ1n) is 4.77. The number of carbonyl (C=O) groups excluding carboxylic acids is 1. The van der Waals surface area contributed by atoms with E-state index in [9.17, 15) is 4.79 Å². The summed E-state index contributed by atoms with van der Waals surface area (Å²) >= 11 is 1.71. The number of carbonyl (C=O) groups is 1. The first kappa shape index (κ1) is 9.06. The van der Waals surface area contributed by atoms with E-state index in [0.717, 1.165) is 36.9 Å². The number of piperidine rings is 1. The van der Waals surface area contributed by atoms with E-state index in [2.05, 4.69) is 4.99 Å². The van der Waals surface area contributed by atoms with E-state index in [4.69, 9.17) is 0 Å². The minimum Gasteiger partial charge on any atom is -0.291 e. The molecule has 1 saturated heterocycles. The Kier molecular flexibility index (Phi) is 2.58. The average Bonchev–Trinajstić information content (AvgIpc) is 2.62. The molecule has 0 aromatic heterocycles. The standard InChI is InChI=1S/C9H14N2OS/c1-7-3-2-5-11(8(7)12)9-10-4-6-13-9/h7H,2-6H2,1H3. The Hall–Kier alpha value is -0.510. The molecule has 0 bridgehead atoms. The molecule has 3 nitrogen and oxygen atoms in total. The molecule has 2 aliphatic rings. The Morgan fingerprint density at radius 3 is 3.15 bits per heavy atom. The van der Waals surface area contributed by atoms with Crippen LogP contribution in [0.1, 0.15) is 19.8 Å². The third-order valence-corrected chi connectivity index (χ3v) is 3.50. The van der Waals surface area contributed by atoms with Crippen LogP contribution in [0.4, 0.5) is 0 Å². The largest absolute Gasteiger partial charge is 0.291 e. The fourth-order valence-electron chi connectivity index (χ4n) is 1.73. The average molecular weight is 198 g/mol. The van der Waals surface area contributed by atoms with E-state index >= 15 is 0 Å². The molecular weight excluding hydrogens is 184 g/mol. The van der Waals surface area contributed by atoms with Crippen LogP contribution in [0, 0.1) is 5.92 Å². The molecule has 2 heterocycles. The van der Waals surface area contributed by atoms with E-state index in [0.29, 0.717) is 0 Å². The number of hydrogen-bond donors (Lipinski definition) is 0. The Morgan fingerprint density at radius 1 is 1.62 bits per heavy atom. The predicted octanol–water partition coefficient (Wildman–Crippen LogP) is 1.35. The normalized spacial score (nSPS) is 29.3. The number of hydrogen-bond acceptors (Lipinski definition) is 3. The number of rotatable bonds is 0. The van der Waals surface area contributed by atoms with Crippen LogP contribution in [0.2, 0.25) is 0 Å². The van der Waals surface area contributed by atoms with E-state index in [1.54, 1.807) is 11.8 Å². The molecule has 1 amide bonds. The van der Waals surface area contributed by atoms with Crippen LogP contribution in [-0.2, 0) is 4.79 Å². The van der Waals surface area contributed by atoms with Gasteiger partial charge < -0.3 is 0 Å². The second-order valence-corrected chi connectivity index (χ2v) is 4.61. The maximum Gasteiger partial charge on any atom is 0.231 e. The lowest BCUT2D eigenvalue weighted by atomic mass is 10.00. The lowest BCUT2D eigenvalue weighted by molar-refractivity contribution is -0.133. The van der Waals surface area contributed by atoms with Gasteiger partial charge in [-0.05, 0) is 12.8 Å². The summed E-state index contributed by atoms with van der Waals surface area (Å²) in [6, 6.07) is 0. The van der Waals surface area contributed by atoms with Crippen LogP contribution in [-0.4, -0.2) is 34.8 Å². The highest BCUT2D eigenvalue weighted by Crippen LogP contribution is 2.23. The van der Waals surface area contributed by atoms with Gasteiger partial charge in [0.15, 0.2) is 5.17 Å². The summed E-state index contributed by atoms with van der Waals surface area (Å²) in [4.78, 5) is 17.9. The second kappa shape index (κ2) is 3.70. The highest BCUT2D eigenvalue weighted by molar-refractivity contribution is 8.14. The van der Waals surface area contributed by atoms with E-state index in [1.165, 1.54) is 0 Å². The second-order valence-electron chi connectivity index (χ2n) is 3.55. The molecule has 0 N–H and O–H groups in total. The summed E-state index contributed by atoms with van der Waals surface area (Å²) in [5.41, 5.74) is 0. The molecule has 2 rings (SSSR count). The van der Waals surface area contributed by atoms with Crippen molar-refractivity contribution in [3.8, 4) is 0 Å². The van der Waals surface area contributed by atoms with Gasteiger partial charge in [-0.3, -0.25) is 14.7 Å². The molecule has 72 valence electrons.